The average Bonchev–Trinajstić information content (AvgIpc) is 2.51. The predicted molar refractivity (Wildman–Crippen MR) is 78.4 cm³/mol. The van der Waals surface area contributed by atoms with Crippen molar-refractivity contribution in [3.05, 3.63) is 59.7 Å². The van der Waals surface area contributed by atoms with Crippen molar-refractivity contribution in [3.8, 4) is 17.6 Å². The average molecular weight is 285 g/mol. The summed E-state index contributed by atoms with van der Waals surface area (Å²) in [7, 11) is 0. The highest BCUT2D eigenvalue weighted by Crippen LogP contribution is 2.19. The largest absolute Gasteiger partial charge is 0.492 e. The summed E-state index contributed by atoms with van der Waals surface area (Å²) in [6.07, 6.45) is 2.74. The number of aliphatic hydroxyl groups is 1. The van der Waals surface area contributed by atoms with Crippen LogP contribution >= 0.6 is 0 Å². The van der Waals surface area contributed by atoms with Gasteiger partial charge in [0.05, 0.1) is 18.8 Å². The van der Waals surface area contributed by atoms with Crippen molar-refractivity contribution >= 4 is 0 Å². The third-order valence-corrected chi connectivity index (χ3v) is 2.75. The minimum Gasteiger partial charge on any atom is -0.492 e. The van der Waals surface area contributed by atoms with E-state index in [1.165, 1.54) is 12.1 Å². The lowest BCUT2D eigenvalue weighted by molar-refractivity contribution is 0.305. The normalized spacial score (nSPS) is 9.81. The van der Waals surface area contributed by atoms with Gasteiger partial charge in [0.25, 0.3) is 0 Å². The van der Waals surface area contributed by atoms with E-state index in [0.29, 0.717) is 30.8 Å². The minimum atomic E-state index is -0.365. The van der Waals surface area contributed by atoms with Crippen molar-refractivity contribution in [2.75, 3.05) is 13.2 Å². The lowest BCUT2D eigenvalue weighted by atomic mass is 10.2. The second kappa shape index (κ2) is 8.03. The number of benzene rings is 1. The first-order valence-corrected chi connectivity index (χ1v) is 6.71. The van der Waals surface area contributed by atoms with Crippen molar-refractivity contribution in [1.82, 2.24) is 4.98 Å². The molecular formula is C17H16FNO2. The first kappa shape index (κ1) is 15.0. The zero-order valence-electron chi connectivity index (χ0n) is 11.6. The molecule has 0 unspecified atom stereocenters. The summed E-state index contributed by atoms with van der Waals surface area (Å²) in [6, 6.07) is 9.92. The van der Waals surface area contributed by atoms with Gasteiger partial charge in [-0.15, -0.1) is 0 Å². The Morgan fingerprint density at radius 1 is 1.24 bits per heavy atom. The van der Waals surface area contributed by atoms with Gasteiger partial charge in [-0.05, 0) is 24.3 Å². The van der Waals surface area contributed by atoms with Crippen LogP contribution in [0.2, 0.25) is 0 Å². The number of rotatable bonds is 5. The second-order valence-corrected chi connectivity index (χ2v) is 4.34. The Kier molecular flexibility index (Phi) is 5.74. The van der Waals surface area contributed by atoms with Gasteiger partial charge >= 0.3 is 0 Å². The molecule has 0 aliphatic heterocycles. The summed E-state index contributed by atoms with van der Waals surface area (Å²) in [5.74, 6) is 5.73. The van der Waals surface area contributed by atoms with Gasteiger partial charge < -0.3 is 9.84 Å². The molecule has 2 aromatic rings. The Balaban J connectivity index is 2.01. The molecule has 1 heterocycles. The summed E-state index contributed by atoms with van der Waals surface area (Å²) in [4.78, 5) is 4.20. The molecule has 108 valence electrons. The molecule has 0 aliphatic carbocycles. The summed E-state index contributed by atoms with van der Waals surface area (Å²) >= 11 is 0. The molecule has 4 heteroatoms. The van der Waals surface area contributed by atoms with E-state index in [0.717, 1.165) is 5.69 Å². The van der Waals surface area contributed by atoms with E-state index in [1.807, 2.05) is 18.2 Å². The quantitative estimate of drug-likeness (QED) is 0.859. The fraction of sp³-hybridized carbons (Fsp3) is 0.235. The fourth-order valence-electron chi connectivity index (χ4n) is 1.74. The molecule has 1 aromatic carbocycles. The molecule has 0 fully saturated rings. The Hall–Kier alpha value is -2.38. The van der Waals surface area contributed by atoms with Crippen LogP contribution in [-0.2, 0) is 6.42 Å². The van der Waals surface area contributed by atoms with E-state index in [9.17, 15) is 4.39 Å². The first-order valence-electron chi connectivity index (χ1n) is 6.71. The summed E-state index contributed by atoms with van der Waals surface area (Å²) in [5.41, 5.74) is 1.53. The van der Waals surface area contributed by atoms with E-state index in [4.69, 9.17) is 9.84 Å². The van der Waals surface area contributed by atoms with Crippen LogP contribution in [0.15, 0.2) is 42.6 Å². The third-order valence-electron chi connectivity index (χ3n) is 2.75. The highest BCUT2D eigenvalue weighted by molar-refractivity contribution is 5.46. The zero-order chi connectivity index (χ0) is 14.9. The molecule has 0 saturated heterocycles. The molecule has 0 atom stereocenters. The van der Waals surface area contributed by atoms with E-state index in [-0.39, 0.29) is 12.4 Å². The first-order chi connectivity index (χ1) is 10.3. The maximum atomic E-state index is 13.3. The number of aliphatic hydroxyl groups excluding tert-OH is 1. The summed E-state index contributed by atoms with van der Waals surface area (Å²) in [6.45, 7) is 0.402. The van der Waals surface area contributed by atoms with Gasteiger partial charge in [-0.3, -0.25) is 4.98 Å². The van der Waals surface area contributed by atoms with Crippen molar-refractivity contribution in [3.63, 3.8) is 0 Å². The van der Waals surface area contributed by atoms with E-state index in [2.05, 4.69) is 16.8 Å². The van der Waals surface area contributed by atoms with Gasteiger partial charge in [0.15, 0.2) is 0 Å². The van der Waals surface area contributed by atoms with Crippen LogP contribution in [0.5, 0.6) is 5.75 Å². The lowest BCUT2D eigenvalue weighted by Crippen LogP contribution is -2.04. The monoisotopic (exact) mass is 285 g/mol. The van der Waals surface area contributed by atoms with Gasteiger partial charge in [-0.2, -0.15) is 0 Å². The van der Waals surface area contributed by atoms with Crippen molar-refractivity contribution in [2.24, 2.45) is 0 Å². The second-order valence-electron chi connectivity index (χ2n) is 4.34. The van der Waals surface area contributed by atoms with Crippen LogP contribution in [0, 0.1) is 17.7 Å². The van der Waals surface area contributed by atoms with E-state index < -0.39 is 0 Å². The molecule has 0 amide bonds. The number of nitrogens with zero attached hydrogens (tertiary/aromatic N) is 1. The van der Waals surface area contributed by atoms with Gasteiger partial charge in [0.1, 0.15) is 11.6 Å². The maximum absolute atomic E-state index is 13.3. The summed E-state index contributed by atoms with van der Waals surface area (Å²) in [5, 5.41) is 8.72. The molecule has 0 saturated carbocycles. The highest BCUT2D eigenvalue weighted by Gasteiger charge is 2.04. The van der Waals surface area contributed by atoms with Crippen LogP contribution in [-0.4, -0.2) is 23.3 Å². The van der Waals surface area contributed by atoms with E-state index in [1.54, 1.807) is 12.3 Å². The molecule has 1 N–H and O–H groups in total. The van der Waals surface area contributed by atoms with Crippen LogP contribution in [0.25, 0.3) is 0 Å². The van der Waals surface area contributed by atoms with Crippen LogP contribution in [0.1, 0.15) is 17.7 Å². The number of hydrogen-bond donors (Lipinski definition) is 1. The smallest absolute Gasteiger partial charge is 0.137 e. The molecule has 0 radical (unpaired) electrons. The zero-order valence-corrected chi connectivity index (χ0v) is 11.6. The Morgan fingerprint density at radius 3 is 2.90 bits per heavy atom. The molecule has 0 bridgehead atoms. The Labute approximate surface area is 123 Å². The van der Waals surface area contributed by atoms with Gasteiger partial charge in [-0.25, -0.2) is 4.39 Å². The SMILES string of the molecule is OCCC#Cc1ccc(F)cc1OCCc1ccccn1. The molecule has 3 nitrogen and oxygen atoms in total. The number of hydrogen-bond acceptors (Lipinski definition) is 3. The van der Waals surface area contributed by atoms with Crippen LogP contribution < -0.4 is 4.74 Å². The van der Waals surface area contributed by atoms with E-state index >= 15 is 0 Å². The van der Waals surface area contributed by atoms with Gasteiger partial charge in [0.2, 0.25) is 0 Å². The molecular weight excluding hydrogens is 269 g/mol. The standard InChI is InChI=1S/C17H16FNO2/c18-15-8-7-14(5-2-4-11-20)17(13-15)21-12-9-16-6-1-3-10-19-16/h1,3,6-8,10,13,20H,4,9,11-12H2. The van der Waals surface area contributed by atoms with Gasteiger partial charge in [0, 0.05) is 30.8 Å². The minimum absolute atomic E-state index is 0.00403. The Bertz CT molecular complexity index is 632. The molecule has 2 rings (SSSR count). The summed E-state index contributed by atoms with van der Waals surface area (Å²) < 4.78 is 18.9. The third kappa shape index (κ3) is 4.90. The highest BCUT2D eigenvalue weighted by atomic mass is 19.1. The lowest BCUT2D eigenvalue weighted by Gasteiger charge is -2.08. The number of aromatic nitrogens is 1. The van der Waals surface area contributed by atoms with Gasteiger partial charge in [-0.1, -0.05) is 17.9 Å². The van der Waals surface area contributed by atoms with Crippen LogP contribution in [0.3, 0.4) is 0 Å². The number of pyridine rings is 1. The van der Waals surface area contributed by atoms with Crippen molar-refractivity contribution in [1.29, 1.82) is 0 Å². The Morgan fingerprint density at radius 2 is 2.14 bits per heavy atom. The molecule has 1 aromatic heterocycles. The van der Waals surface area contributed by atoms with Crippen molar-refractivity contribution in [2.45, 2.75) is 12.8 Å². The number of ether oxygens (including phenoxy) is 1. The van der Waals surface area contributed by atoms with Crippen molar-refractivity contribution < 1.29 is 14.2 Å². The molecule has 21 heavy (non-hydrogen) atoms. The van der Waals surface area contributed by atoms with Crippen LogP contribution in [0.4, 0.5) is 4.39 Å². The topological polar surface area (TPSA) is 42.4 Å². The predicted octanol–water partition coefficient (Wildman–Crippen LogP) is 2.58. The maximum Gasteiger partial charge on any atom is 0.137 e. The fourth-order valence-corrected chi connectivity index (χ4v) is 1.74. The molecule has 0 aliphatic rings. The molecule has 0 spiro atoms. The number of halogens is 1.